The summed E-state index contributed by atoms with van der Waals surface area (Å²) in [7, 11) is 0. The number of esters is 1. The first-order valence-corrected chi connectivity index (χ1v) is 5.98. The molecular weight excluding hydrogens is 226 g/mol. The third kappa shape index (κ3) is 5.53. The van der Waals surface area contributed by atoms with Crippen molar-refractivity contribution in [3.05, 3.63) is 0 Å². The number of rotatable bonds is 5. The van der Waals surface area contributed by atoms with Crippen LogP contribution in [0.5, 0.6) is 0 Å². The van der Waals surface area contributed by atoms with Crippen molar-refractivity contribution in [2.45, 2.75) is 32.6 Å². The fourth-order valence-electron chi connectivity index (χ4n) is 1.58. The second kappa shape index (κ2) is 7.89. The van der Waals surface area contributed by atoms with Crippen LogP contribution in [0, 0.1) is 0 Å². The van der Waals surface area contributed by atoms with Gasteiger partial charge in [0.15, 0.2) is 0 Å². The Kier molecular flexibility index (Phi) is 6.39. The molecule has 1 rings (SSSR count). The molecule has 0 unspecified atom stereocenters. The fraction of sp³-hybridized carbons (Fsp3) is 0.818. The van der Waals surface area contributed by atoms with Gasteiger partial charge in [-0.05, 0) is 26.2 Å². The van der Waals surface area contributed by atoms with Gasteiger partial charge in [0.05, 0.1) is 13.0 Å². The quantitative estimate of drug-likeness (QED) is 0.318. The molecule has 0 aromatic heterocycles. The van der Waals surface area contributed by atoms with Crippen LogP contribution in [-0.2, 0) is 19.3 Å². The van der Waals surface area contributed by atoms with Gasteiger partial charge in [-0.1, -0.05) is 0 Å². The Hall–Kier alpha value is -1.30. The number of hydrogen-bond acceptors (Lipinski definition) is 5. The molecule has 0 bridgehead atoms. The summed E-state index contributed by atoms with van der Waals surface area (Å²) in [5.41, 5.74) is 0. The largest absolute Gasteiger partial charge is 0.466 e. The van der Waals surface area contributed by atoms with Gasteiger partial charge in [0.25, 0.3) is 0 Å². The van der Waals surface area contributed by atoms with Gasteiger partial charge in [0, 0.05) is 13.1 Å². The SMILES string of the molecule is CCOC(=O)CCOOC(=O)N1CCCCC1. The summed E-state index contributed by atoms with van der Waals surface area (Å²) < 4.78 is 4.70. The van der Waals surface area contributed by atoms with Gasteiger partial charge in [-0.15, -0.1) is 0 Å². The van der Waals surface area contributed by atoms with Crippen LogP contribution in [0.1, 0.15) is 32.6 Å². The van der Waals surface area contributed by atoms with Crippen LogP contribution in [0.15, 0.2) is 0 Å². The summed E-state index contributed by atoms with van der Waals surface area (Å²) in [5, 5.41) is 0. The van der Waals surface area contributed by atoms with Crippen LogP contribution < -0.4 is 0 Å². The molecular formula is C11H19NO5. The number of nitrogens with zero attached hydrogens (tertiary/aromatic N) is 1. The minimum absolute atomic E-state index is 0.0262. The van der Waals surface area contributed by atoms with E-state index in [1.807, 2.05) is 0 Å². The van der Waals surface area contributed by atoms with E-state index in [9.17, 15) is 9.59 Å². The number of piperidine rings is 1. The van der Waals surface area contributed by atoms with E-state index in [1.54, 1.807) is 11.8 Å². The van der Waals surface area contributed by atoms with Crippen molar-refractivity contribution in [3.63, 3.8) is 0 Å². The molecule has 6 nitrogen and oxygen atoms in total. The number of ether oxygens (including phenoxy) is 1. The van der Waals surface area contributed by atoms with Crippen molar-refractivity contribution in [1.82, 2.24) is 4.90 Å². The standard InChI is InChI=1S/C11H19NO5/c1-2-15-10(13)6-9-16-17-11(14)12-7-4-3-5-8-12/h2-9H2,1H3. The van der Waals surface area contributed by atoms with Gasteiger partial charge in [-0.2, -0.15) is 4.89 Å². The van der Waals surface area contributed by atoms with E-state index >= 15 is 0 Å². The van der Waals surface area contributed by atoms with Crippen molar-refractivity contribution in [2.24, 2.45) is 0 Å². The summed E-state index contributed by atoms with van der Waals surface area (Å²) in [6.07, 6.45) is 2.75. The first-order valence-electron chi connectivity index (χ1n) is 5.98. The summed E-state index contributed by atoms with van der Waals surface area (Å²) in [6.45, 7) is 3.51. The zero-order valence-electron chi connectivity index (χ0n) is 10.1. The predicted octanol–water partition coefficient (Wildman–Crippen LogP) is 1.49. The summed E-state index contributed by atoms with van der Waals surface area (Å²) in [6, 6.07) is 0. The minimum atomic E-state index is -0.478. The molecule has 0 spiro atoms. The second-order valence-corrected chi connectivity index (χ2v) is 3.77. The highest BCUT2D eigenvalue weighted by molar-refractivity contribution is 5.69. The van der Waals surface area contributed by atoms with Crippen LogP contribution >= 0.6 is 0 Å². The lowest BCUT2D eigenvalue weighted by Crippen LogP contribution is -2.36. The van der Waals surface area contributed by atoms with E-state index in [0.29, 0.717) is 19.7 Å². The van der Waals surface area contributed by atoms with E-state index < -0.39 is 6.09 Å². The number of amides is 1. The Morgan fingerprint density at radius 1 is 1.18 bits per heavy atom. The number of carbonyl (C=O) groups excluding carboxylic acids is 2. The third-order valence-electron chi connectivity index (χ3n) is 2.44. The first-order chi connectivity index (χ1) is 8.24. The molecule has 0 N–H and O–H groups in total. The van der Waals surface area contributed by atoms with Crippen LogP contribution in [0.25, 0.3) is 0 Å². The van der Waals surface area contributed by atoms with Gasteiger partial charge < -0.3 is 9.64 Å². The van der Waals surface area contributed by atoms with Crippen LogP contribution in [0.2, 0.25) is 0 Å². The van der Waals surface area contributed by atoms with Crippen molar-refractivity contribution >= 4 is 12.1 Å². The van der Waals surface area contributed by atoms with Gasteiger partial charge >= 0.3 is 12.1 Å². The molecule has 1 saturated heterocycles. The molecule has 0 aromatic rings. The Morgan fingerprint density at radius 3 is 2.53 bits per heavy atom. The van der Waals surface area contributed by atoms with Crippen molar-refractivity contribution < 1.29 is 24.1 Å². The number of hydrogen-bond donors (Lipinski definition) is 0. The van der Waals surface area contributed by atoms with E-state index in [4.69, 9.17) is 4.74 Å². The van der Waals surface area contributed by atoms with Gasteiger partial charge in [0.1, 0.15) is 6.61 Å². The molecule has 6 heteroatoms. The second-order valence-electron chi connectivity index (χ2n) is 3.77. The minimum Gasteiger partial charge on any atom is -0.466 e. The van der Waals surface area contributed by atoms with Crippen LogP contribution in [-0.4, -0.2) is 43.3 Å². The Morgan fingerprint density at radius 2 is 1.88 bits per heavy atom. The molecule has 0 radical (unpaired) electrons. The normalized spacial score (nSPS) is 15.5. The molecule has 0 atom stereocenters. The monoisotopic (exact) mass is 245 g/mol. The van der Waals surface area contributed by atoms with Crippen molar-refractivity contribution in [1.29, 1.82) is 0 Å². The van der Waals surface area contributed by atoms with Crippen molar-refractivity contribution in [3.8, 4) is 0 Å². The maximum absolute atomic E-state index is 11.4. The smallest absolute Gasteiger partial charge is 0.441 e. The average molecular weight is 245 g/mol. The molecule has 1 amide bonds. The van der Waals surface area contributed by atoms with E-state index in [-0.39, 0.29) is 19.0 Å². The van der Waals surface area contributed by atoms with E-state index in [1.165, 1.54) is 0 Å². The topological polar surface area (TPSA) is 65.1 Å². The van der Waals surface area contributed by atoms with E-state index in [2.05, 4.69) is 9.78 Å². The molecule has 1 heterocycles. The molecule has 1 aliphatic rings. The molecule has 0 aromatic carbocycles. The number of carbonyl (C=O) groups is 2. The van der Waals surface area contributed by atoms with Crippen molar-refractivity contribution in [2.75, 3.05) is 26.3 Å². The maximum atomic E-state index is 11.4. The maximum Gasteiger partial charge on any atom is 0.441 e. The predicted molar refractivity (Wildman–Crippen MR) is 59.1 cm³/mol. The molecule has 0 saturated carbocycles. The lowest BCUT2D eigenvalue weighted by Gasteiger charge is -2.24. The molecule has 1 aliphatic heterocycles. The van der Waals surface area contributed by atoms with Crippen LogP contribution in [0.4, 0.5) is 4.79 Å². The highest BCUT2D eigenvalue weighted by atomic mass is 17.2. The Balaban J connectivity index is 2.05. The third-order valence-corrected chi connectivity index (χ3v) is 2.44. The summed E-state index contributed by atoms with van der Waals surface area (Å²) in [5.74, 6) is -0.360. The average Bonchev–Trinajstić information content (AvgIpc) is 2.36. The molecule has 0 aliphatic carbocycles. The Labute approximate surface area is 101 Å². The lowest BCUT2D eigenvalue weighted by molar-refractivity contribution is -0.247. The highest BCUT2D eigenvalue weighted by Crippen LogP contribution is 2.09. The molecule has 17 heavy (non-hydrogen) atoms. The summed E-state index contributed by atoms with van der Waals surface area (Å²) in [4.78, 5) is 33.2. The van der Waals surface area contributed by atoms with Gasteiger partial charge in [0.2, 0.25) is 0 Å². The zero-order valence-corrected chi connectivity index (χ0v) is 10.1. The fourth-order valence-corrected chi connectivity index (χ4v) is 1.58. The molecule has 98 valence electrons. The van der Waals surface area contributed by atoms with E-state index in [0.717, 1.165) is 19.3 Å². The van der Waals surface area contributed by atoms with Gasteiger partial charge in [-0.25, -0.2) is 4.79 Å². The lowest BCUT2D eigenvalue weighted by atomic mass is 10.1. The highest BCUT2D eigenvalue weighted by Gasteiger charge is 2.18. The first kappa shape index (κ1) is 13.8. The Bertz CT molecular complexity index is 250. The number of likely N-dealkylation sites (tertiary alicyclic amines) is 1. The van der Waals surface area contributed by atoms with Crippen LogP contribution in [0.3, 0.4) is 0 Å². The van der Waals surface area contributed by atoms with Gasteiger partial charge in [-0.3, -0.25) is 9.68 Å². The summed E-state index contributed by atoms with van der Waals surface area (Å²) >= 11 is 0. The molecule has 1 fully saturated rings. The zero-order chi connectivity index (χ0) is 12.5.